The molecule has 192 valence electrons. The Morgan fingerprint density at radius 3 is 2.26 bits per heavy atom. The van der Waals surface area contributed by atoms with Gasteiger partial charge in [-0.3, -0.25) is 9.59 Å². The molecule has 1 saturated heterocycles. The van der Waals surface area contributed by atoms with Crippen LogP contribution in [0.5, 0.6) is 0 Å². The number of sulfonamides is 1. The number of hydrogen-bond donors (Lipinski definition) is 1. The topological polar surface area (TPSA) is 86.8 Å². The fourth-order valence-electron chi connectivity index (χ4n) is 4.36. The van der Waals surface area contributed by atoms with Gasteiger partial charge in [0.25, 0.3) is 0 Å². The van der Waals surface area contributed by atoms with Gasteiger partial charge in [0.2, 0.25) is 21.8 Å². The molecule has 1 aliphatic rings. The molecule has 0 aliphatic carbocycles. The van der Waals surface area contributed by atoms with Gasteiger partial charge in [-0.15, -0.1) is 0 Å². The van der Waals surface area contributed by atoms with Crippen molar-refractivity contribution >= 4 is 37.8 Å². The van der Waals surface area contributed by atoms with Crippen molar-refractivity contribution in [1.29, 1.82) is 0 Å². The zero-order chi connectivity index (χ0) is 25.5. The highest BCUT2D eigenvalue weighted by atomic mass is 79.9. The fourth-order valence-corrected chi connectivity index (χ4v) is 5.93. The van der Waals surface area contributed by atoms with E-state index in [4.69, 9.17) is 0 Å². The van der Waals surface area contributed by atoms with Crippen molar-refractivity contribution in [3.8, 4) is 0 Å². The van der Waals surface area contributed by atoms with E-state index < -0.39 is 16.1 Å². The van der Waals surface area contributed by atoms with Gasteiger partial charge in [0.1, 0.15) is 6.04 Å². The molecule has 1 heterocycles. The maximum atomic E-state index is 13.5. The zero-order valence-corrected chi connectivity index (χ0v) is 23.5. The Morgan fingerprint density at radius 1 is 1.09 bits per heavy atom. The molecule has 0 radical (unpaired) electrons. The summed E-state index contributed by atoms with van der Waals surface area (Å²) >= 11 is 3.31. The number of piperazine rings is 1. The first kappa shape index (κ1) is 28.8. The molecule has 1 N–H and O–H groups in total. The molecule has 34 heavy (non-hydrogen) atoms. The molecule has 0 bridgehead atoms. The Kier molecular flexibility index (Phi) is 11.0. The minimum atomic E-state index is -3.86. The van der Waals surface area contributed by atoms with Crippen LogP contribution in [0.2, 0.25) is 0 Å². The lowest BCUT2D eigenvalue weighted by molar-refractivity contribution is -0.146. The van der Waals surface area contributed by atoms with Crippen LogP contribution in [0.4, 0.5) is 0 Å². The molecule has 1 aromatic carbocycles. The van der Waals surface area contributed by atoms with Crippen LogP contribution in [-0.2, 0) is 19.6 Å². The van der Waals surface area contributed by atoms with E-state index in [0.717, 1.165) is 30.2 Å². The number of hydrogen-bond acceptors (Lipinski definition) is 4. The summed E-state index contributed by atoms with van der Waals surface area (Å²) in [5.74, 6) is -0.210. The smallest absolute Gasteiger partial charge is 0.241 e. The number of nitrogens with zero attached hydrogens (tertiary/aromatic N) is 2. The lowest BCUT2D eigenvalue weighted by Gasteiger charge is -2.42. The first-order valence-corrected chi connectivity index (χ1v) is 14.7. The maximum Gasteiger partial charge on any atom is 0.241 e. The third-order valence-electron chi connectivity index (χ3n) is 6.86. The second-order valence-corrected chi connectivity index (χ2v) is 12.0. The Morgan fingerprint density at radius 2 is 1.74 bits per heavy atom. The third-order valence-corrected chi connectivity index (χ3v) is 8.84. The predicted octanol–water partition coefficient (Wildman–Crippen LogP) is 4.42. The van der Waals surface area contributed by atoms with Gasteiger partial charge < -0.3 is 9.80 Å². The van der Waals surface area contributed by atoms with Crippen molar-refractivity contribution in [3.63, 3.8) is 0 Å². The van der Waals surface area contributed by atoms with Crippen molar-refractivity contribution in [2.24, 2.45) is 11.8 Å². The van der Waals surface area contributed by atoms with Crippen LogP contribution in [0, 0.1) is 11.8 Å². The molecule has 1 aromatic rings. The van der Waals surface area contributed by atoms with E-state index >= 15 is 0 Å². The lowest BCUT2D eigenvalue weighted by Crippen LogP contribution is -2.60. The molecule has 1 aliphatic heterocycles. The maximum absolute atomic E-state index is 13.5. The minimum Gasteiger partial charge on any atom is -0.337 e. The van der Waals surface area contributed by atoms with Crippen LogP contribution in [0.1, 0.15) is 66.7 Å². The zero-order valence-electron chi connectivity index (χ0n) is 21.1. The van der Waals surface area contributed by atoms with E-state index in [-0.39, 0.29) is 34.6 Å². The summed E-state index contributed by atoms with van der Waals surface area (Å²) in [6, 6.07) is 5.38. The van der Waals surface area contributed by atoms with Gasteiger partial charge >= 0.3 is 0 Å². The average Bonchev–Trinajstić information content (AvgIpc) is 2.82. The SMILES string of the molecule is CCCCC(CC)C(=O)N1CCN(C(=O)C(NS(=O)(=O)c2ccc(Br)cc2)C(C)CC)CC1C. The number of rotatable bonds is 11. The summed E-state index contributed by atoms with van der Waals surface area (Å²) in [6.45, 7) is 11.3. The molecule has 9 heteroatoms. The first-order chi connectivity index (χ1) is 16.0. The van der Waals surface area contributed by atoms with Gasteiger partial charge in [0.05, 0.1) is 4.90 Å². The Labute approximate surface area is 213 Å². The van der Waals surface area contributed by atoms with Crippen molar-refractivity contribution in [3.05, 3.63) is 28.7 Å². The lowest BCUT2D eigenvalue weighted by atomic mass is 9.96. The normalized spacial score (nSPS) is 19.5. The van der Waals surface area contributed by atoms with Crippen molar-refractivity contribution in [2.75, 3.05) is 19.6 Å². The van der Waals surface area contributed by atoms with Crippen LogP contribution in [0.15, 0.2) is 33.6 Å². The van der Waals surface area contributed by atoms with Crippen molar-refractivity contribution < 1.29 is 18.0 Å². The molecule has 4 atom stereocenters. The largest absolute Gasteiger partial charge is 0.337 e. The summed E-state index contributed by atoms with van der Waals surface area (Å²) < 4.78 is 29.5. The van der Waals surface area contributed by atoms with E-state index in [1.54, 1.807) is 17.0 Å². The third kappa shape index (κ3) is 7.28. The molecule has 7 nitrogen and oxygen atoms in total. The standard InChI is InChI=1S/C25H40BrN3O4S/c1-6-9-10-20(8-3)24(30)29-16-15-28(17-19(29)5)25(31)23(18(4)7-2)27-34(32,33)22-13-11-21(26)12-14-22/h11-14,18-20,23,27H,6-10,15-17H2,1-5H3. The van der Waals surface area contributed by atoms with Gasteiger partial charge in [-0.1, -0.05) is 62.9 Å². The van der Waals surface area contributed by atoms with Gasteiger partial charge in [-0.25, -0.2) is 8.42 Å². The molecule has 2 amide bonds. The van der Waals surface area contributed by atoms with Crippen LogP contribution >= 0.6 is 15.9 Å². The summed E-state index contributed by atoms with van der Waals surface area (Å²) in [7, 11) is -3.86. The van der Waals surface area contributed by atoms with E-state index in [9.17, 15) is 18.0 Å². The van der Waals surface area contributed by atoms with Crippen LogP contribution < -0.4 is 4.72 Å². The molecule has 0 aromatic heterocycles. The summed E-state index contributed by atoms with van der Waals surface area (Å²) in [6.07, 6.45) is 4.47. The van der Waals surface area contributed by atoms with Gasteiger partial charge in [-0.05, 0) is 49.9 Å². The monoisotopic (exact) mass is 557 g/mol. The number of benzene rings is 1. The fraction of sp³-hybridized carbons (Fsp3) is 0.680. The Bertz CT molecular complexity index is 923. The van der Waals surface area contributed by atoms with E-state index in [0.29, 0.717) is 26.1 Å². The summed E-state index contributed by atoms with van der Waals surface area (Å²) in [5.41, 5.74) is 0. The number of carbonyl (C=O) groups is 2. The first-order valence-electron chi connectivity index (χ1n) is 12.4. The van der Waals surface area contributed by atoms with Gasteiger partial charge in [0, 0.05) is 36.1 Å². The number of nitrogens with one attached hydrogen (secondary N) is 1. The Balaban J connectivity index is 2.13. The molecular weight excluding hydrogens is 518 g/mol. The molecule has 0 spiro atoms. The summed E-state index contributed by atoms with van der Waals surface area (Å²) in [5, 5.41) is 0. The highest BCUT2D eigenvalue weighted by Crippen LogP contribution is 2.22. The second-order valence-electron chi connectivity index (χ2n) is 9.35. The molecule has 4 unspecified atom stereocenters. The molecule has 2 rings (SSSR count). The molecule has 0 saturated carbocycles. The Hall–Kier alpha value is -1.45. The van der Waals surface area contributed by atoms with Gasteiger partial charge in [0.15, 0.2) is 0 Å². The van der Waals surface area contributed by atoms with E-state index in [1.165, 1.54) is 12.1 Å². The van der Waals surface area contributed by atoms with E-state index in [1.807, 2.05) is 25.7 Å². The number of halogens is 1. The van der Waals surface area contributed by atoms with Crippen molar-refractivity contribution in [1.82, 2.24) is 14.5 Å². The molecular formula is C25H40BrN3O4S. The van der Waals surface area contributed by atoms with Gasteiger partial charge in [-0.2, -0.15) is 4.72 Å². The van der Waals surface area contributed by atoms with Crippen LogP contribution in [0.3, 0.4) is 0 Å². The molecule has 1 fully saturated rings. The highest BCUT2D eigenvalue weighted by Gasteiger charge is 2.37. The highest BCUT2D eigenvalue weighted by molar-refractivity contribution is 9.10. The van der Waals surface area contributed by atoms with E-state index in [2.05, 4.69) is 34.5 Å². The predicted molar refractivity (Wildman–Crippen MR) is 139 cm³/mol. The summed E-state index contributed by atoms with van der Waals surface area (Å²) in [4.78, 5) is 30.3. The average molecular weight is 559 g/mol. The van der Waals surface area contributed by atoms with Crippen molar-refractivity contribution in [2.45, 2.75) is 83.7 Å². The number of carbonyl (C=O) groups excluding carboxylic acids is 2. The van der Waals surface area contributed by atoms with Crippen LogP contribution in [0.25, 0.3) is 0 Å². The quantitative estimate of drug-likeness (QED) is 0.436. The number of unbranched alkanes of at least 4 members (excludes halogenated alkanes) is 1. The second kappa shape index (κ2) is 13.0. The number of amides is 2. The minimum absolute atomic E-state index is 0.0234. The van der Waals surface area contributed by atoms with Crippen LogP contribution in [-0.4, -0.2) is 61.7 Å².